The van der Waals surface area contributed by atoms with Crippen molar-refractivity contribution in [2.45, 2.75) is 32.0 Å². The Labute approximate surface area is 109 Å². The van der Waals surface area contributed by atoms with E-state index in [4.69, 9.17) is 4.74 Å². The first-order chi connectivity index (χ1) is 8.48. The van der Waals surface area contributed by atoms with Gasteiger partial charge in [-0.2, -0.15) is 0 Å². The zero-order valence-electron chi connectivity index (χ0n) is 11.3. The van der Waals surface area contributed by atoms with E-state index in [9.17, 15) is 5.11 Å². The third-order valence-electron chi connectivity index (χ3n) is 3.00. The molecule has 4 nitrogen and oxygen atoms in total. The fourth-order valence-corrected chi connectivity index (χ4v) is 2.28. The number of hydrogen-bond acceptors (Lipinski definition) is 4. The van der Waals surface area contributed by atoms with E-state index in [1.807, 2.05) is 35.3 Å². The second-order valence-corrected chi connectivity index (χ2v) is 5.67. The van der Waals surface area contributed by atoms with Crippen molar-refractivity contribution in [2.75, 3.05) is 19.8 Å². The second-order valence-electron chi connectivity index (χ2n) is 5.67. The van der Waals surface area contributed by atoms with Gasteiger partial charge < -0.3 is 9.84 Å². The normalized spacial score (nSPS) is 25.6. The fraction of sp³-hybridized carbons (Fsp3) is 0.571. The Bertz CT molecular complexity index is 389. The number of aliphatic hydroxyl groups excluding tert-OH is 1. The first kappa shape index (κ1) is 13.5. The molecule has 1 aromatic carbocycles. The predicted molar refractivity (Wildman–Crippen MR) is 70.8 cm³/mol. The van der Waals surface area contributed by atoms with Crippen molar-refractivity contribution in [3.8, 4) is 0 Å². The van der Waals surface area contributed by atoms with Gasteiger partial charge in [0.25, 0.3) is 0 Å². The van der Waals surface area contributed by atoms with Crippen LogP contribution in [-0.4, -0.2) is 35.4 Å². The first-order valence-electron chi connectivity index (χ1n) is 6.34. The van der Waals surface area contributed by atoms with Gasteiger partial charge in [-0.05, 0) is 20.8 Å². The summed E-state index contributed by atoms with van der Waals surface area (Å²) in [5, 5.41) is 11.8. The highest BCUT2D eigenvalue weighted by Crippen LogP contribution is 2.33. The number of aliphatic hydroxyl groups is 1. The molecule has 0 aliphatic carbocycles. The smallest absolute Gasteiger partial charge is 0.183 e. The van der Waals surface area contributed by atoms with Crippen LogP contribution in [0.1, 0.15) is 26.3 Å². The van der Waals surface area contributed by atoms with E-state index in [1.54, 1.807) is 0 Å². The van der Waals surface area contributed by atoms with Gasteiger partial charge in [0, 0.05) is 17.6 Å². The van der Waals surface area contributed by atoms with Gasteiger partial charge >= 0.3 is 0 Å². The number of benzene rings is 1. The molecule has 4 heteroatoms. The largest absolute Gasteiger partial charge is 0.391 e. The molecule has 2 N–H and O–H groups in total. The van der Waals surface area contributed by atoms with Crippen LogP contribution in [0.2, 0.25) is 0 Å². The quantitative estimate of drug-likeness (QED) is 0.852. The number of ether oxygens (including phenoxy) is 1. The molecule has 0 saturated carbocycles. The van der Waals surface area contributed by atoms with Crippen LogP contribution in [0.3, 0.4) is 0 Å². The van der Waals surface area contributed by atoms with Gasteiger partial charge in [-0.15, -0.1) is 0 Å². The van der Waals surface area contributed by atoms with E-state index in [2.05, 4.69) is 26.2 Å². The Hall–Kier alpha value is -0.940. The van der Waals surface area contributed by atoms with Crippen LogP contribution in [0.4, 0.5) is 0 Å². The van der Waals surface area contributed by atoms with Gasteiger partial charge in [0.15, 0.2) is 5.72 Å². The molecule has 0 amide bonds. The van der Waals surface area contributed by atoms with E-state index in [1.165, 1.54) is 0 Å². The molecule has 1 aromatic rings. The lowest BCUT2D eigenvalue weighted by atomic mass is 10.0. The van der Waals surface area contributed by atoms with Crippen molar-refractivity contribution in [3.05, 3.63) is 35.9 Å². The van der Waals surface area contributed by atoms with Gasteiger partial charge in [-0.3, -0.25) is 0 Å². The van der Waals surface area contributed by atoms with Crippen LogP contribution in [0.5, 0.6) is 0 Å². The molecule has 1 aliphatic heterocycles. The molecule has 1 atom stereocenters. The van der Waals surface area contributed by atoms with Crippen LogP contribution in [0.25, 0.3) is 0 Å². The molecule has 1 unspecified atom stereocenters. The maximum Gasteiger partial charge on any atom is 0.183 e. The Balaban J connectivity index is 2.31. The second kappa shape index (κ2) is 4.97. The SMILES string of the molecule is CC(C)(C)NN1CCOC1(CO)c1ccccc1. The number of rotatable bonds is 3. The summed E-state index contributed by atoms with van der Waals surface area (Å²) in [7, 11) is 0. The Morgan fingerprint density at radius 1 is 1.33 bits per heavy atom. The molecule has 2 rings (SSSR count). The summed E-state index contributed by atoms with van der Waals surface area (Å²) in [6, 6.07) is 9.86. The van der Waals surface area contributed by atoms with Crippen LogP contribution in [0.15, 0.2) is 30.3 Å². The fourth-order valence-electron chi connectivity index (χ4n) is 2.28. The van der Waals surface area contributed by atoms with E-state index in [0.717, 1.165) is 12.1 Å². The highest BCUT2D eigenvalue weighted by Gasteiger charge is 2.44. The lowest BCUT2D eigenvalue weighted by molar-refractivity contribution is -0.149. The molecule has 1 heterocycles. The maximum atomic E-state index is 9.83. The molecular weight excluding hydrogens is 228 g/mol. The first-order valence-corrected chi connectivity index (χ1v) is 6.34. The van der Waals surface area contributed by atoms with Crippen LogP contribution in [0, 0.1) is 0 Å². The summed E-state index contributed by atoms with van der Waals surface area (Å²) in [5.41, 5.74) is 3.54. The number of hydrazine groups is 1. The Kier molecular flexibility index (Phi) is 3.73. The standard InChI is InChI=1S/C14H22N2O2/c1-13(2,3)15-16-9-10-18-14(16,11-17)12-7-5-4-6-8-12/h4-8,15,17H,9-11H2,1-3H3. The van der Waals surface area contributed by atoms with Crippen LogP contribution in [-0.2, 0) is 10.5 Å². The summed E-state index contributed by atoms with van der Waals surface area (Å²) in [6.45, 7) is 7.58. The van der Waals surface area contributed by atoms with Gasteiger partial charge in [0.1, 0.15) is 0 Å². The lowest BCUT2D eigenvalue weighted by Gasteiger charge is -2.40. The molecular formula is C14H22N2O2. The van der Waals surface area contributed by atoms with Crippen molar-refractivity contribution < 1.29 is 9.84 Å². The predicted octanol–water partition coefficient (Wildman–Crippen LogP) is 1.47. The van der Waals surface area contributed by atoms with Gasteiger partial charge in [-0.25, -0.2) is 10.4 Å². The highest BCUT2D eigenvalue weighted by atomic mass is 16.5. The average Bonchev–Trinajstić information content (AvgIpc) is 2.72. The molecule has 1 fully saturated rings. The minimum atomic E-state index is -0.769. The molecule has 1 saturated heterocycles. The summed E-state index contributed by atoms with van der Waals surface area (Å²) in [6.07, 6.45) is 0. The summed E-state index contributed by atoms with van der Waals surface area (Å²) in [5.74, 6) is 0. The van der Waals surface area contributed by atoms with Gasteiger partial charge in [-0.1, -0.05) is 30.3 Å². The zero-order chi connectivity index (χ0) is 13.2. The molecule has 0 bridgehead atoms. The van der Waals surface area contributed by atoms with E-state index >= 15 is 0 Å². The van der Waals surface area contributed by atoms with E-state index in [-0.39, 0.29) is 12.1 Å². The molecule has 0 spiro atoms. The molecule has 1 aliphatic rings. The van der Waals surface area contributed by atoms with E-state index in [0.29, 0.717) is 6.61 Å². The number of hydrogen-bond donors (Lipinski definition) is 2. The molecule has 0 radical (unpaired) electrons. The minimum absolute atomic E-state index is 0.0666. The monoisotopic (exact) mass is 250 g/mol. The summed E-state index contributed by atoms with van der Waals surface area (Å²) in [4.78, 5) is 0. The van der Waals surface area contributed by atoms with Gasteiger partial charge in [0.2, 0.25) is 0 Å². The molecule has 100 valence electrons. The van der Waals surface area contributed by atoms with Crippen molar-refractivity contribution in [3.63, 3.8) is 0 Å². The topological polar surface area (TPSA) is 44.7 Å². The third kappa shape index (κ3) is 2.57. The van der Waals surface area contributed by atoms with E-state index < -0.39 is 5.72 Å². The van der Waals surface area contributed by atoms with Crippen molar-refractivity contribution in [1.82, 2.24) is 10.4 Å². The van der Waals surface area contributed by atoms with Crippen LogP contribution >= 0.6 is 0 Å². The lowest BCUT2D eigenvalue weighted by Crippen LogP contribution is -2.58. The minimum Gasteiger partial charge on any atom is -0.391 e. The number of nitrogens with one attached hydrogen (secondary N) is 1. The van der Waals surface area contributed by atoms with Gasteiger partial charge in [0.05, 0.1) is 13.2 Å². The third-order valence-corrected chi connectivity index (χ3v) is 3.00. The maximum absolute atomic E-state index is 9.83. The summed E-state index contributed by atoms with van der Waals surface area (Å²) >= 11 is 0. The average molecular weight is 250 g/mol. The van der Waals surface area contributed by atoms with Crippen molar-refractivity contribution in [1.29, 1.82) is 0 Å². The highest BCUT2D eigenvalue weighted by molar-refractivity contribution is 5.23. The Morgan fingerprint density at radius 3 is 2.56 bits per heavy atom. The molecule has 18 heavy (non-hydrogen) atoms. The number of nitrogens with zero attached hydrogens (tertiary/aromatic N) is 1. The Morgan fingerprint density at radius 2 is 2.00 bits per heavy atom. The van der Waals surface area contributed by atoms with Crippen molar-refractivity contribution >= 4 is 0 Å². The van der Waals surface area contributed by atoms with Crippen LogP contribution < -0.4 is 5.43 Å². The van der Waals surface area contributed by atoms with Crippen molar-refractivity contribution in [2.24, 2.45) is 0 Å². The summed E-state index contributed by atoms with van der Waals surface area (Å²) < 4.78 is 5.85. The zero-order valence-corrected chi connectivity index (χ0v) is 11.3. The molecule has 0 aromatic heterocycles.